The van der Waals surface area contributed by atoms with Gasteiger partial charge in [-0.2, -0.15) is 4.98 Å². The fourth-order valence-corrected chi connectivity index (χ4v) is 1.19. The average Bonchev–Trinajstić information content (AvgIpc) is 2.78. The minimum absolute atomic E-state index is 0.000983. The van der Waals surface area contributed by atoms with E-state index in [1.807, 2.05) is 0 Å². The Balaban J connectivity index is 2.25. The zero-order valence-electron chi connectivity index (χ0n) is 9.96. The maximum atomic E-state index is 8.73. The summed E-state index contributed by atoms with van der Waals surface area (Å²) >= 11 is 0. The van der Waals surface area contributed by atoms with Gasteiger partial charge in [-0.15, -0.1) is 0 Å². The molecular weight excluding hydrogens is 226 g/mol. The zero-order chi connectivity index (χ0) is 12.5. The van der Waals surface area contributed by atoms with E-state index >= 15 is 0 Å². The van der Waals surface area contributed by atoms with Crippen LogP contribution >= 0.6 is 0 Å². The van der Waals surface area contributed by atoms with E-state index in [4.69, 9.17) is 24.8 Å². The molecule has 1 unspecified atom stereocenters. The Morgan fingerprint density at radius 2 is 2.24 bits per heavy atom. The van der Waals surface area contributed by atoms with Crippen LogP contribution in [0.1, 0.15) is 24.2 Å². The van der Waals surface area contributed by atoms with Crippen LogP contribution in [0, 0.1) is 0 Å². The predicted octanol–water partition coefficient (Wildman–Crippen LogP) is -0.343. The minimum atomic E-state index is -0.407. The molecule has 0 amide bonds. The van der Waals surface area contributed by atoms with Crippen molar-refractivity contribution in [2.75, 3.05) is 33.5 Å². The monoisotopic (exact) mass is 245 g/mol. The molecular formula is C10H19N3O4. The van der Waals surface area contributed by atoms with E-state index in [2.05, 4.69) is 10.1 Å². The van der Waals surface area contributed by atoms with Crippen molar-refractivity contribution in [1.29, 1.82) is 0 Å². The van der Waals surface area contributed by atoms with E-state index in [9.17, 15) is 0 Å². The summed E-state index contributed by atoms with van der Waals surface area (Å²) < 4.78 is 15.1. The van der Waals surface area contributed by atoms with Gasteiger partial charge in [0.25, 0.3) is 0 Å². The third-order valence-corrected chi connectivity index (χ3v) is 2.14. The lowest BCUT2D eigenvalue weighted by atomic mass is 10.2. The molecule has 0 aliphatic carbocycles. The fraction of sp³-hybridized carbons (Fsp3) is 0.800. The Hall–Kier alpha value is -1.02. The number of aliphatic hydroxyl groups excluding tert-OH is 1. The Morgan fingerprint density at radius 1 is 1.41 bits per heavy atom. The van der Waals surface area contributed by atoms with Crippen molar-refractivity contribution < 1.29 is 19.1 Å². The zero-order valence-corrected chi connectivity index (χ0v) is 9.96. The van der Waals surface area contributed by atoms with Crippen LogP contribution < -0.4 is 5.73 Å². The van der Waals surface area contributed by atoms with Crippen molar-refractivity contribution in [3.8, 4) is 0 Å². The smallest absolute Gasteiger partial charge is 0.243 e. The molecule has 0 saturated heterocycles. The molecule has 0 bridgehead atoms. The molecule has 1 aromatic rings. The van der Waals surface area contributed by atoms with E-state index in [-0.39, 0.29) is 6.61 Å². The second-order valence-electron chi connectivity index (χ2n) is 3.52. The van der Waals surface area contributed by atoms with Gasteiger partial charge < -0.3 is 24.8 Å². The molecule has 1 heterocycles. The van der Waals surface area contributed by atoms with Gasteiger partial charge in [-0.05, 0) is 6.42 Å². The summed E-state index contributed by atoms with van der Waals surface area (Å²) in [5.74, 6) is 0.914. The third-order valence-electron chi connectivity index (χ3n) is 2.14. The number of hydrogen-bond donors (Lipinski definition) is 2. The highest BCUT2D eigenvalue weighted by Gasteiger charge is 2.13. The highest BCUT2D eigenvalue weighted by atomic mass is 16.5. The lowest BCUT2D eigenvalue weighted by molar-refractivity contribution is 0.0714. The second-order valence-corrected chi connectivity index (χ2v) is 3.52. The van der Waals surface area contributed by atoms with Gasteiger partial charge in [0.15, 0.2) is 5.82 Å². The second kappa shape index (κ2) is 8.13. The summed E-state index contributed by atoms with van der Waals surface area (Å²) in [6.07, 6.45) is 0.977. The number of rotatable bonds is 9. The van der Waals surface area contributed by atoms with Gasteiger partial charge >= 0.3 is 0 Å². The molecule has 0 saturated carbocycles. The van der Waals surface area contributed by atoms with Crippen molar-refractivity contribution in [3.05, 3.63) is 11.7 Å². The Bertz CT molecular complexity index is 305. The van der Waals surface area contributed by atoms with Crippen LogP contribution in [0.25, 0.3) is 0 Å². The highest BCUT2D eigenvalue weighted by Crippen LogP contribution is 2.10. The van der Waals surface area contributed by atoms with Gasteiger partial charge in [0.2, 0.25) is 5.89 Å². The fourth-order valence-electron chi connectivity index (χ4n) is 1.19. The summed E-state index contributed by atoms with van der Waals surface area (Å²) in [5, 5.41) is 12.5. The van der Waals surface area contributed by atoms with Crippen molar-refractivity contribution in [2.45, 2.75) is 18.9 Å². The first-order valence-corrected chi connectivity index (χ1v) is 5.53. The molecule has 1 atom stereocenters. The van der Waals surface area contributed by atoms with Gasteiger partial charge in [0.1, 0.15) is 0 Å². The first kappa shape index (κ1) is 14.0. The molecule has 1 aromatic heterocycles. The maximum Gasteiger partial charge on any atom is 0.243 e. The van der Waals surface area contributed by atoms with Crippen LogP contribution in [0.5, 0.6) is 0 Å². The SMILES string of the molecule is COCCOCCc1noc(C(N)CCO)n1. The number of aliphatic hydroxyl groups is 1. The number of aromatic nitrogens is 2. The normalized spacial score (nSPS) is 12.9. The number of nitrogens with two attached hydrogens (primary N) is 1. The molecule has 7 nitrogen and oxygen atoms in total. The quantitative estimate of drug-likeness (QED) is 0.573. The van der Waals surface area contributed by atoms with Crippen LogP contribution in [0.4, 0.5) is 0 Å². The molecule has 0 spiro atoms. The third kappa shape index (κ3) is 5.22. The molecule has 98 valence electrons. The number of hydrogen-bond acceptors (Lipinski definition) is 7. The molecule has 0 fully saturated rings. The largest absolute Gasteiger partial charge is 0.396 e. The molecule has 3 N–H and O–H groups in total. The van der Waals surface area contributed by atoms with Crippen molar-refractivity contribution in [2.24, 2.45) is 5.73 Å². The van der Waals surface area contributed by atoms with Gasteiger partial charge in [-0.1, -0.05) is 5.16 Å². The van der Waals surface area contributed by atoms with E-state index < -0.39 is 6.04 Å². The molecule has 0 radical (unpaired) electrons. The predicted molar refractivity (Wildman–Crippen MR) is 59.3 cm³/mol. The van der Waals surface area contributed by atoms with Crippen LogP contribution in [-0.2, 0) is 15.9 Å². The number of methoxy groups -OCH3 is 1. The minimum Gasteiger partial charge on any atom is -0.396 e. The Kier molecular flexibility index (Phi) is 6.71. The summed E-state index contributed by atoms with van der Waals surface area (Å²) in [4.78, 5) is 4.12. The van der Waals surface area contributed by atoms with Gasteiger partial charge in [-0.25, -0.2) is 0 Å². The summed E-state index contributed by atoms with van der Waals surface area (Å²) in [5.41, 5.74) is 5.71. The van der Waals surface area contributed by atoms with Gasteiger partial charge in [-0.3, -0.25) is 0 Å². The van der Waals surface area contributed by atoms with Gasteiger partial charge in [0.05, 0.1) is 25.9 Å². The molecule has 0 aliphatic rings. The topological polar surface area (TPSA) is 104 Å². The van der Waals surface area contributed by atoms with E-state index in [0.29, 0.717) is 44.4 Å². The molecule has 0 aromatic carbocycles. The average molecular weight is 245 g/mol. The van der Waals surface area contributed by atoms with Crippen LogP contribution in [0.3, 0.4) is 0 Å². The van der Waals surface area contributed by atoms with E-state index in [1.54, 1.807) is 7.11 Å². The summed E-state index contributed by atoms with van der Waals surface area (Å²) in [6.45, 7) is 1.63. The lowest BCUT2D eigenvalue weighted by Gasteiger charge is -2.02. The number of ether oxygens (including phenoxy) is 2. The Morgan fingerprint density at radius 3 is 2.94 bits per heavy atom. The highest BCUT2D eigenvalue weighted by molar-refractivity contribution is 4.91. The summed E-state index contributed by atoms with van der Waals surface area (Å²) in [7, 11) is 1.62. The van der Waals surface area contributed by atoms with Crippen LogP contribution in [-0.4, -0.2) is 48.8 Å². The first-order chi connectivity index (χ1) is 8.27. The van der Waals surface area contributed by atoms with Crippen molar-refractivity contribution in [3.63, 3.8) is 0 Å². The number of nitrogens with zero attached hydrogens (tertiary/aromatic N) is 2. The van der Waals surface area contributed by atoms with Gasteiger partial charge in [0, 0.05) is 20.1 Å². The van der Waals surface area contributed by atoms with Crippen LogP contribution in [0.2, 0.25) is 0 Å². The first-order valence-electron chi connectivity index (χ1n) is 5.53. The summed E-state index contributed by atoms with van der Waals surface area (Å²) in [6, 6.07) is -0.407. The molecule has 7 heteroatoms. The lowest BCUT2D eigenvalue weighted by Crippen LogP contribution is -2.12. The Labute approximate surface area is 99.9 Å². The van der Waals surface area contributed by atoms with Crippen LogP contribution in [0.15, 0.2) is 4.52 Å². The molecule has 0 aliphatic heterocycles. The molecule has 17 heavy (non-hydrogen) atoms. The van der Waals surface area contributed by atoms with E-state index in [0.717, 1.165) is 0 Å². The van der Waals surface area contributed by atoms with Crippen molar-refractivity contribution >= 4 is 0 Å². The molecule has 1 rings (SSSR count). The standard InChI is InChI=1S/C10H19N3O4/c1-15-6-7-16-5-3-9-12-10(17-13-9)8(11)2-4-14/h8,14H,2-7,11H2,1H3. The van der Waals surface area contributed by atoms with E-state index in [1.165, 1.54) is 0 Å². The maximum absolute atomic E-state index is 8.73. The van der Waals surface area contributed by atoms with Crippen molar-refractivity contribution in [1.82, 2.24) is 10.1 Å².